The van der Waals surface area contributed by atoms with Crippen LogP contribution in [0.3, 0.4) is 0 Å². The minimum absolute atomic E-state index is 0.0169. The first kappa shape index (κ1) is 11.1. The molecular weight excluding hydrogens is 194 g/mol. The summed E-state index contributed by atoms with van der Waals surface area (Å²) >= 11 is 4.00. The molecule has 1 aromatic rings. The zero-order valence-corrected chi connectivity index (χ0v) is 9.40. The van der Waals surface area contributed by atoms with E-state index in [2.05, 4.69) is 24.9 Å². The Morgan fingerprint density at radius 3 is 2.64 bits per heavy atom. The number of carbonyl (C=O) groups is 1. The van der Waals surface area contributed by atoms with Crippen LogP contribution in [0, 0.1) is 13.8 Å². The van der Waals surface area contributed by atoms with Crippen molar-refractivity contribution in [2.24, 2.45) is 0 Å². The summed E-state index contributed by atoms with van der Waals surface area (Å²) in [5.74, 6) is 0.597. The monoisotopic (exact) mass is 209 g/mol. The van der Waals surface area contributed by atoms with Crippen molar-refractivity contribution in [2.45, 2.75) is 20.3 Å². The summed E-state index contributed by atoms with van der Waals surface area (Å²) in [5, 5.41) is 2.82. The van der Waals surface area contributed by atoms with E-state index in [0.29, 0.717) is 12.2 Å². The van der Waals surface area contributed by atoms with Gasteiger partial charge in [0, 0.05) is 12.1 Å². The zero-order chi connectivity index (χ0) is 10.6. The molecule has 0 heterocycles. The van der Waals surface area contributed by atoms with Crippen molar-refractivity contribution < 1.29 is 4.79 Å². The predicted octanol–water partition coefficient (Wildman–Crippen LogP) is 2.56. The number of anilines is 1. The third-order valence-corrected chi connectivity index (χ3v) is 2.35. The highest BCUT2D eigenvalue weighted by molar-refractivity contribution is 7.80. The highest BCUT2D eigenvalue weighted by Crippen LogP contribution is 2.14. The van der Waals surface area contributed by atoms with E-state index < -0.39 is 0 Å². The second-order valence-corrected chi connectivity index (χ2v) is 3.77. The second-order valence-electron chi connectivity index (χ2n) is 3.32. The second kappa shape index (κ2) is 5.05. The molecule has 0 aliphatic carbocycles. The first-order chi connectivity index (χ1) is 6.63. The predicted molar refractivity (Wildman–Crippen MR) is 63.0 cm³/mol. The SMILES string of the molecule is Cc1ccc(NC(=O)CCS)cc1C. The van der Waals surface area contributed by atoms with Gasteiger partial charge in [-0.25, -0.2) is 0 Å². The van der Waals surface area contributed by atoms with Crippen molar-refractivity contribution in [1.82, 2.24) is 0 Å². The Kier molecular flexibility index (Phi) is 4.01. The molecule has 2 nitrogen and oxygen atoms in total. The Bertz CT molecular complexity index is 336. The number of rotatable bonds is 3. The van der Waals surface area contributed by atoms with Gasteiger partial charge in [0.05, 0.1) is 0 Å². The fraction of sp³-hybridized carbons (Fsp3) is 0.364. The number of thiol groups is 1. The molecule has 0 spiro atoms. The summed E-state index contributed by atoms with van der Waals surface area (Å²) in [4.78, 5) is 11.2. The summed E-state index contributed by atoms with van der Waals surface area (Å²) in [6.07, 6.45) is 0.454. The number of carbonyl (C=O) groups excluding carboxylic acids is 1. The van der Waals surface area contributed by atoms with Gasteiger partial charge in [0.25, 0.3) is 0 Å². The van der Waals surface area contributed by atoms with E-state index in [9.17, 15) is 4.79 Å². The van der Waals surface area contributed by atoms with Crippen LogP contribution in [0.15, 0.2) is 18.2 Å². The maximum absolute atomic E-state index is 11.2. The molecule has 3 heteroatoms. The van der Waals surface area contributed by atoms with Crippen molar-refractivity contribution in [3.63, 3.8) is 0 Å². The molecule has 0 aliphatic rings. The lowest BCUT2D eigenvalue weighted by Crippen LogP contribution is -2.11. The smallest absolute Gasteiger partial charge is 0.225 e. The quantitative estimate of drug-likeness (QED) is 0.736. The van der Waals surface area contributed by atoms with Gasteiger partial charge in [-0.2, -0.15) is 12.6 Å². The van der Waals surface area contributed by atoms with Gasteiger partial charge in [-0.15, -0.1) is 0 Å². The van der Waals surface area contributed by atoms with Crippen molar-refractivity contribution in [2.75, 3.05) is 11.1 Å². The molecule has 0 unspecified atom stereocenters. The fourth-order valence-electron chi connectivity index (χ4n) is 1.14. The largest absolute Gasteiger partial charge is 0.326 e. The lowest BCUT2D eigenvalue weighted by molar-refractivity contribution is -0.115. The third-order valence-electron chi connectivity index (χ3n) is 2.13. The first-order valence-electron chi connectivity index (χ1n) is 4.61. The average molecular weight is 209 g/mol. The van der Waals surface area contributed by atoms with E-state index in [0.717, 1.165) is 5.69 Å². The lowest BCUT2D eigenvalue weighted by Gasteiger charge is -2.06. The first-order valence-corrected chi connectivity index (χ1v) is 5.24. The molecule has 0 atom stereocenters. The van der Waals surface area contributed by atoms with Gasteiger partial charge >= 0.3 is 0 Å². The fourth-order valence-corrected chi connectivity index (χ4v) is 1.35. The van der Waals surface area contributed by atoms with Crippen LogP contribution in [-0.2, 0) is 4.79 Å². The van der Waals surface area contributed by atoms with Crippen LogP contribution in [0.25, 0.3) is 0 Å². The Morgan fingerprint density at radius 2 is 2.07 bits per heavy atom. The van der Waals surface area contributed by atoms with E-state index in [1.54, 1.807) is 0 Å². The molecule has 0 aliphatic heterocycles. The van der Waals surface area contributed by atoms with Crippen LogP contribution >= 0.6 is 12.6 Å². The summed E-state index contributed by atoms with van der Waals surface area (Å²) < 4.78 is 0. The molecule has 76 valence electrons. The zero-order valence-electron chi connectivity index (χ0n) is 8.50. The van der Waals surface area contributed by atoms with E-state index in [-0.39, 0.29) is 5.91 Å². The summed E-state index contributed by atoms with van der Waals surface area (Å²) in [5.41, 5.74) is 3.28. The van der Waals surface area contributed by atoms with Crippen molar-refractivity contribution in [3.05, 3.63) is 29.3 Å². The maximum Gasteiger partial charge on any atom is 0.225 e. The standard InChI is InChI=1S/C11H15NOS/c1-8-3-4-10(7-9(8)2)12-11(13)5-6-14/h3-4,7,14H,5-6H2,1-2H3,(H,12,13). The van der Waals surface area contributed by atoms with Gasteiger partial charge in [-0.3, -0.25) is 4.79 Å². The van der Waals surface area contributed by atoms with Gasteiger partial charge in [-0.05, 0) is 42.9 Å². The molecule has 0 radical (unpaired) electrons. The molecule has 0 saturated heterocycles. The Morgan fingerprint density at radius 1 is 1.36 bits per heavy atom. The van der Waals surface area contributed by atoms with Crippen LogP contribution in [0.1, 0.15) is 17.5 Å². The number of hydrogen-bond donors (Lipinski definition) is 2. The molecule has 1 amide bonds. The van der Waals surface area contributed by atoms with Gasteiger partial charge in [0.15, 0.2) is 0 Å². The Hall–Kier alpha value is -0.960. The van der Waals surface area contributed by atoms with Crippen molar-refractivity contribution in [1.29, 1.82) is 0 Å². The highest BCUT2D eigenvalue weighted by atomic mass is 32.1. The van der Waals surface area contributed by atoms with E-state index in [1.807, 2.05) is 25.1 Å². The van der Waals surface area contributed by atoms with E-state index >= 15 is 0 Å². The van der Waals surface area contributed by atoms with E-state index in [4.69, 9.17) is 0 Å². The number of nitrogens with one attached hydrogen (secondary N) is 1. The number of benzene rings is 1. The highest BCUT2D eigenvalue weighted by Gasteiger charge is 2.01. The summed E-state index contributed by atoms with van der Waals surface area (Å²) in [6, 6.07) is 5.90. The van der Waals surface area contributed by atoms with Crippen molar-refractivity contribution in [3.8, 4) is 0 Å². The molecule has 0 aromatic heterocycles. The Labute approximate surface area is 90.1 Å². The molecule has 0 fully saturated rings. The topological polar surface area (TPSA) is 29.1 Å². The van der Waals surface area contributed by atoms with Gasteiger partial charge in [0.2, 0.25) is 5.91 Å². The van der Waals surface area contributed by atoms with Crippen LogP contribution in [-0.4, -0.2) is 11.7 Å². The summed E-state index contributed by atoms with van der Waals surface area (Å²) in [7, 11) is 0. The van der Waals surface area contributed by atoms with Crippen molar-refractivity contribution >= 4 is 24.2 Å². The number of amides is 1. The van der Waals surface area contributed by atoms with Crippen LogP contribution in [0.2, 0.25) is 0 Å². The third kappa shape index (κ3) is 3.07. The minimum atomic E-state index is 0.0169. The maximum atomic E-state index is 11.2. The van der Waals surface area contributed by atoms with Crippen LogP contribution in [0.4, 0.5) is 5.69 Å². The Balaban J connectivity index is 2.68. The van der Waals surface area contributed by atoms with Crippen LogP contribution in [0.5, 0.6) is 0 Å². The normalized spacial score (nSPS) is 9.93. The molecular formula is C11H15NOS. The lowest BCUT2D eigenvalue weighted by atomic mass is 10.1. The van der Waals surface area contributed by atoms with Crippen LogP contribution < -0.4 is 5.32 Å². The van der Waals surface area contributed by atoms with Gasteiger partial charge < -0.3 is 5.32 Å². The molecule has 1 rings (SSSR count). The van der Waals surface area contributed by atoms with E-state index in [1.165, 1.54) is 11.1 Å². The average Bonchev–Trinajstić information content (AvgIpc) is 2.12. The number of hydrogen-bond acceptors (Lipinski definition) is 2. The minimum Gasteiger partial charge on any atom is -0.326 e. The molecule has 14 heavy (non-hydrogen) atoms. The van der Waals surface area contributed by atoms with Gasteiger partial charge in [0.1, 0.15) is 0 Å². The molecule has 1 aromatic carbocycles. The molecule has 0 saturated carbocycles. The number of aryl methyl sites for hydroxylation is 2. The van der Waals surface area contributed by atoms with Gasteiger partial charge in [-0.1, -0.05) is 6.07 Å². The summed E-state index contributed by atoms with van der Waals surface area (Å²) in [6.45, 7) is 4.08. The molecule has 0 bridgehead atoms. The molecule has 1 N–H and O–H groups in total.